The molecule has 3 aromatic rings. The highest BCUT2D eigenvalue weighted by atomic mass is 19.4. The maximum atomic E-state index is 13.6. The number of rotatable bonds is 5. The molecule has 0 heterocycles. The summed E-state index contributed by atoms with van der Waals surface area (Å²) >= 11 is 0. The average Bonchev–Trinajstić information content (AvgIpc) is 2.66. The molecular formula is C22H17F6N. The first-order valence-electron chi connectivity index (χ1n) is 8.72. The summed E-state index contributed by atoms with van der Waals surface area (Å²) in [6.07, 6.45) is -4.67. The van der Waals surface area contributed by atoms with Crippen LogP contribution in [0.25, 0.3) is 11.1 Å². The van der Waals surface area contributed by atoms with Crippen LogP contribution in [0.2, 0.25) is 0 Å². The molecule has 0 fully saturated rings. The number of halogens is 6. The van der Waals surface area contributed by atoms with E-state index in [0.717, 1.165) is 19.1 Å². The van der Waals surface area contributed by atoms with E-state index in [1.807, 2.05) is 0 Å². The summed E-state index contributed by atoms with van der Waals surface area (Å²) in [7, 11) is 0. The van der Waals surface area contributed by atoms with Crippen molar-refractivity contribution in [3.8, 4) is 11.1 Å². The Labute approximate surface area is 164 Å². The molecule has 1 N–H and O–H groups in total. The van der Waals surface area contributed by atoms with Crippen LogP contribution in [-0.4, -0.2) is 0 Å². The van der Waals surface area contributed by atoms with Crippen LogP contribution in [0.4, 0.5) is 32.0 Å². The molecule has 0 amide bonds. The molecule has 3 rings (SSSR count). The van der Waals surface area contributed by atoms with Gasteiger partial charge in [0.05, 0.1) is 5.56 Å². The first-order chi connectivity index (χ1) is 13.5. The quantitative estimate of drug-likeness (QED) is 0.438. The molecule has 0 unspecified atom stereocenters. The molecule has 1 nitrogen and oxygen atoms in total. The summed E-state index contributed by atoms with van der Waals surface area (Å²) in [5.74, 6) is -3.95. The molecule has 29 heavy (non-hydrogen) atoms. The average molecular weight is 409 g/mol. The number of hydrogen-bond acceptors (Lipinski definition) is 1. The standard InChI is InChI=1S/C22H17F6N/c1-21(24,25)17-6-2-4-14(10-17)15-5-3-7-19(11-15)29-13-16-8-9-18(23)12-20(16)22(26,27)28/h2-12,29H,13H2,1H3. The normalized spacial score (nSPS) is 12.1. The molecule has 0 aliphatic carbocycles. The van der Waals surface area contributed by atoms with Crippen molar-refractivity contribution in [1.82, 2.24) is 0 Å². The highest BCUT2D eigenvalue weighted by Crippen LogP contribution is 2.34. The third-order valence-electron chi connectivity index (χ3n) is 4.43. The molecule has 0 saturated heterocycles. The fourth-order valence-corrected chi connectivity index (χ4v) is 2.94. The highest BCUT2D eigenvalue weighted by molar-refractivity contribution is 5.69. The van der Waals surface area contributed by atoms with Crippen molar-refractivity contribution in [3.05, 3.63) is 89.2 Å². The van der Waals surface area contributed by atoms with Crippen LogP contribution >= 0.6 is 0 Å². The Balaban J connectivity index is 1.84. The number of benzene rings is 3. The molecule has 0 spiro atoms. The maximum Gasteiger partial charge on any atom is 0.416 e. The van der Waals surface area contributed by atoms with Gasteiger partial charge in [-0.05, 0) is 47.0 Å². The third kappa shape index (κ3) is 5.10. The molecular weight excluding hydrogens is 392 g/mol. The van der Waals surface area contributed by atoms with Gasteiger partial charge in [-0.3, -0.25) is 0 Å². The van der Waals surface area contributed by atoms with Crippen molar-refractivity contribution in [1.29, 1.82) is 0 Å². The van der Waals surface area contributed by atoms with Crippen LogP contribution in [0.15, 0.2) is 66.7 Å². The number of alkyl halides is 5. The van der Waals surface area contributed by atoms with Gasteiger partial charge in [-0.1, -0.05) is 36.4 Å². The predicted molar refractivity (Wildman–Crippen MR) is 100 cm³/mol. The zero-order valence-electron chi connectivity index (χ0n) is 15.3. The van der Waals surface area contributed by atoms with Gasteiger partial charge in [-0.25, -0.2) is 13.2 Å². The van der Waals surface area contributed by atoms with Gasteiger partial charge in [0, 0.05) is 24.7 Å². The molecule has 3 aromatic carbocycles. The summed E-state index contributed by atoms with van der Waals surface area (Å²) in [5.41, 5.74) is 0.431. The number of nitrogens with one attached hydrogen (secondary N) is 1. The molecule has 0 saturated carbocycles. The van der Waals surface area contributed by atoms with E-state index >= 15 is 0 Å². The minimum Gasteiger partial charge on any atom is -0.381 e. The molecule has 7 heteroatoms. The summed E-state index contributed by atoms with van der Waals surface area (Å²) in [4.78, 5) is 0. The van der Waals surface area contributed by atoms with Crippen LogP contribution < -0.4 is 5.32 Å². The fourth-order valence-electron chi connectivity index (χ4n) is 2.94. The van der Waals surface area contributed by atoms with Gasteiger partial charge in [0.25, 0.3) is 5.92 Å². The number of hydrogen-bond donors (Lipinski definition) is 1. The first-order valence-corrected chi connectivity index (χ1v) is 8.72. The van der Waals surface area contributed by atoms with Crippen LogP contribution in [-0.2, 0) is 18.6 Å². The van der Waals surface area contributed by atoms with Gasteiger partial charge in [0.2, 0.25) is 0 Å². The highest BCUT2D eigenvalue weighted by Gasteiger charge is 2.33. The Morgan fingerprint density at radius 3 is 2.10 bits per heavy atom. The van der Waals surface area contributed by atoms with Gasteiger partial charge in [0.1, 0.15) is 5.82 Å². The lowest BCUT2D eigenvalue weighted by molar-refractivity contribution is -0.138. The summed E-state index contributed by atoms with van der Waals surface area (Å²) in [6.45, 7) is 0.636. The van der Waals surface area contributed by atoms with Crippen LogP contribution in [0, 0.1) is 5.82 Å². The second kappa shape index (κ2) is 7.81. The van der Waals surface area contributed by atoms with Crippen molar-refractivity contribution in [2.45, 2.75) is 25.6 Å². The van der Waals surface area contributed by atoms with Crippen molar-refractivity contribution in [2.24, 2.45) is 0 Å². The Kier molecular flexibility index (Phi) is 5.59. The fraction of sp³-hybridized carbons (Fsp3) is 0.182. The SMILES string of the molecule is CC(F)(F)c1cccc(-c2cccc(NCc3ccc(F)cc3C(F)(F)F)c2)c1. The molecule has 0 radical (unpaired) electrons. The lowest BCUT2D eigenvalue weighted by Gasteiger charge is -2.15. The van der Waals surface area contributed by atoms with E-state index in [2.05, 4.69) is 5.32 Å². The number of anilines is 1. The molecule has 0 bridgehead atoms. The lowest BCUT2D eigenvalue weighted by Crippen LogP contribution is -2.12. The molecule has 152 valence electrons. The van der Waals surface area contributed by atoms with Gasteiger partial charge >= 0.3 is 6.18 Å². The van der Waals surface area contributed by atoms with E-state index in [-0.39, 0.29) is 17.7 Å². The monoisotopic (exact) mass is 409 g/mol. The van der Waals surface area contributed by atoms with E-state index in [0.29, 0.717) is 22.9 Å². The lowest BCUT2D eigenvalue weighted by atomic mass is 10.0. The maximum absolute atomic E-state index is 13.6. The van der Waals surface area contributed by atoms with Gasteiger partial charge in [-0.2, -0.15) is 13.2 Å². The van der Waals surface area contributed by atoms with Gasteiger partial charge in [0.15, 0.2) is 0 Å². The van der Waals surface area contributed by atoms with E-state index in [1.165, 1.54) is 18.2 Å². The van der Waals surface area contributed by atoms with Gasteiger partial charge < -0.3 is 5.32 Å². The van der Waals surface area contributed by atoms with Crippen LogP contribution in [0.1, 0.15) is 23.6 Å². The third-order valence-corrected chi connectivity index (χ3v) is 4.43. The van der Waals surface area contributed by atoms with Crippen molar-refractivity contribution < 1.29 is 26.3 Å². The summed E-state index contributed by atoms with van der Waals surface area (Å²) in [6, 6.07) is 15.1. The largest absolute Gasteiger partial charge is 0.416 e. The Morgan fingerprint density at radius 2 is 1.45 bits per heavy atom. The second-order valence-corrected chi connectivity index (χ2v) is 6.70. The van der Waals surface area contributed by atoms with E-state index in [1.54, 1.807) is 30.3 Å². The second-order valence-electron chi connectivity index (χ2n) is 6.70. The van der Waals surface area contributed by atoms with Crippen molar-refractivity contribution in [2.75, 3.05) is 5.32 Å². The molecule has 0 aromatic heterocycles. The Hall–Kier alpha value is -2.96. The van der Waals surface area contributed by atoms with Crippen molar-refractivity contribution in [3.63, 3.8) is 0 Å². The zero-order chi connectivity index (χ0) is 21.2. The summed E-state index contributed by atoms with van der Waals surface area (Å²) in [5, 5.41) is 2.88. The van der Waals surface area contributed by atoms with Gasteiger partial charge in [-0.15, -0.1) is 0 Å². The minimum absolute atomic E-state index is 0.100. The van der Waals surface area contributed by atoms with E-state index in [4.69, 9.17) is 0 Å². The first kappa shape index (κ1) is 20.8. The van der Waals surface area contributed by atoms with Crippen molar-refractivity contribution >= 4 is 5.69 Å². The van der Waals surface area contributed by atoms with Crippen LogP contribution in [0.3, 0.4) is 0 Å². The van der Waals surface area contributed by atoms with Crippen LogP contribution in [0.5, 0.6) is 0 Å². The molecule has 0 atom stereocenters. The smallest absolute Gasteiger partial charge is 0.381 e. The topological polar surface area (TPSA) is 12.0 Å². The molecule has 0 aliphatic heterocycles. The zero-order valence-corrected chi connectivity index (χ0v) is 15.3. The summed E-state index contributed by atoms with van der Waals surface area (Å²) < 4.78 is 79.7. The van der Waals surface area contributed by atoms with E-state index in [9.17, 15) is 26.3 Å². The molecule has 0 aliphatic rings. The Morgan fingerprint density at radius 1 is 0.793 bits per heavy atom. The van der Waals surface area contributed by atoms with E-state index < -0.39 is 23.5 Å². The Bertz CT molecular complexity index is 1000. The minimum atomic E-state index is -4.67. The predicted octanol–water partition coefficient (Wildman–Crippen LogP) is 7.24.